The average Bonchev–Trinajstić information content (AvgIpc) is 2.57. The molecule has 1 atom stereocenters. The van der Waals surface area contributed by atoms with E-state index in [4.69, 9.17) is 10.8 Å². The highest BCUT2D eigenvalue weighted by atomic mass is 16.4. The summed E-state index contributed by atoms with van der Waals surface area (Å²) >= 11 is 0. The van der Waals surface area contributed by atoms with E-state index >= 15 is 0 Å². The van der Waals surface area contributed by atoms with Crippen molar-refractivity contribution in [3.8, 4) is 0 Å². The van der Waals surface area contributed by atoms with Gasteiger partial charge in [-0.2, -0.15) is 0 Å². The average molecular weight is 232 g/mol. The molecule has 0 unspecified atom stereocenters. The summed E-state index contributed by atoms with van der Waals surface area (Å²) in [7, 11) is 1.96. The van der Waals surface area contributed by atoms with Crippen molar-refractivity contribution in [3.05, 3.63) is 35.5 Å². The number of carboxylic acid groups (broad SMARTS) is 1. The van der Waals surface area contributed by atoms with Crippen LogP contribution in [0.3, 0.4) is 0 Å². The number of para-hydroxylation sites is 1. The van der Waals surface area contributed by atoms with Crippen molar-refractivity contribution >= 4 is 16.9 Å². The zero-order chi connectivity index (χ0) is 12.6. The zero-order valence-electron chi connectivity index (χ0n) is 9.97. The summed E-state index contributed by atoms with van der Waals surface area (Å²) in [6, 6.07) is 5.18. The Kier molecular flexibility index (Phi) is 2.90. The van der Waals surface area contributed by atoms with Crippen molar-refractivity contribution in [2.45, 2.75) is 19.4 Å². The molecular weight excluding hydrogens is 216 g/mol. The molecule has 1 aromatic heterocycles. The number of fused-ring (bicyclic) bond motifs is 1. The molecule has 0 amide bonds. The fourth-order valence-corrected chi connectivity index (χ4v) is 2.24. The molecule has 0 bridgehead atoms. The second-order valence-electron chi connectivity index (χ2n) is 4.39. The first-order valence-electron chi connectivity index (χ1n) is 5.52. The molecule has 0 aliphatic carbocycles. The first-order valence-corrected chi connectivity index (χ1v) is 5.52. The topological polar surface area (TPSA) is 68.2 Å². The van der Waals surface area contributed by atoms with Crippen LogP contribution in [-0.4, -0.2) is 21.7 Å². The molecule has 4 nitrogen and oxygen atoms in total. The van der Waals surface area contributed by atoms with Crippen LogP contribution in [0.1, 0.15) is 11.1 Å². The monoisotopic (exact) mass is 232 g/mol. The minimum absolute atomic E-state index is 0.357. The molecule has 0 saturated carbocycles. The Morgan fingerprint density at radius 2 is 2.24 bits per heavy atom. The van der Waals surface area contributed by atoms with Crippen LogP contribution < -0.4 is 5.73 Å². The van der Waals surface area contributed by atoms with Crippen molar-refractivity contribution in [3.63, 3.8) is 0 Å². The minimum Gasteiger partial charge on any atom is -0.480 e. The zero-order valence-corrected chi connectivity index (χ0v) is 9.97. The highest BCUT2D eigenvalue weighted by molar-refractivity contribution is 5.87. The van der Waals surface area contributed by atoms with Gasteiger partial charge in [0.2, 0.25) is 0 Å². The molecule has 1 heterocycles. The summed E-state index contributed by atoms with van der Waals surface area (Å²) in [5.41, 5.74) is 8.88. The van der Waals surface area contributed by atoms with Crippen LogP contribution in [0, 0.1) is 6.92 Å². The molecule has 4 heteroatoms. The summed E-state index contributed by atoms with van der Waals surface area (Å²) in [4.78, 5) is 10.8. The number of hydrogen-bond acceptors (Lipinski definition) is 2. The van der Waals surface area contributed by atoms with E-state index in [0.29, 0.717) is 6.42 Å². The van der Waals surface area contributed by atoms with Crippen molar-refractivity contribution in [1.29, 1.82) is 0 Å². The molecule has 2 rings (SSSR count). The molecule has 1 aromatic carbocycles. The molecular formula is C13H16N2O2. The number of nitrogens with zero attached hydrogens (tertiary/aromatic N) is 1. The number of benzene rings is 1. The standard InChI is InChI=1S/C13H16N2O2/c1-8-4-3-5-10-9(6-11(14)13(16)17)7-15(2)12(8)10/h3-5,7,11H,6,14H2,1-2H3,(H,16,17)/t11-/m0/s1. The van der Waals surface area contributed by atoms with Crippen molar-refractivity contribution in [2.75, 3.05) is 0 Å². The Morgan fingerprint density at radius 1 is 1.53 bits per heavy atom. The predicted molar refractivity (Wildman–Crippen MR) is 67.0 cm³/mol. The molecule has 2 aromatic rings. The normalized spacial score (nSPS) is 12.9. The van der Waals surface area contributed by atoms with Crippen LogP contribution in [0.2, 0.25) is 0 Å². The molecule has 0 saturated heterocycles. The lowest BCUT2D eigenvalue weighted by molar-refractivity contribution is -0.138. The first-order chi connectivity index (χ1) is 8.00. The minimum atomic E-state index is -0.963. The van der Waals surface area contributed by atoms with Crippen LogP contribution in [-0.2, 0) is 18.3 Å². The smallest absolute Gasteiger partial charge is 0.320 e. The lowest BCUT2D eigenvalue weighted by Crippen LogP contribution is -2.32. The second-order valence-corrected chi connectivity index (χ2v) is 4.39. The van der Waals surface area contributed by atoms with Crippen LogP contribution in [0.15, 0.2) is 24.4 Å². The fourth-order valence-electron chi connectivity index (χ4n) is 2.24. The van der Waals surface area contributed by atoms with Gasteiger partial charge in [0.05, 0.1) is 5.52 Å². The van der Waals surface area contributed by atoms with Gasteiger partial charge in [0.1, 0.15) is 6.04 Å². The van der Waals surface area contributed by atoms with Gasteiger partial charge in [-0.05, 0) is 18.1 Å². The van der Waals surface area contributed by atoms with Crippen LogP contribution in [0.5, 0.6) is 0 Å². The van der Waals surface area contributed by atoms with E-state index < -0.39 is 12.0 Å². The SMILES string of the molecule is Cc1cccc2c(C[C@H](N)C(=O)O)cn(C)c12. The Balaban J connectivity index is 2.49. The summed E-state index contributed by atoms with van der Waals surface area (Å²) in [5, 5.41) is 9.93. The van der Waals surface area contributed by atoms with E-state index in [0.717, 1.165) is 16.5 Å². The molecule has 17 heavy (non-hydrogen) atoms. The summed E-state index contributed by atoms with van der Waals surface area (Å²) < 4.78 is 2.02. The van der Waals surface area contributed by atoms with Gasteiger partial charge in [-0.15, -0.1) is 0 Å². The lowest BCUT2D eigenvalue weighted by Gasteiger charge is -2.04. The maximum absolute atomic E-state index is 10.8. The van der Waals surface area contributed by atoms with Crippen LogP contribution in [0.25, 0.3) is 10.9 Å². The number of nitrogens with two attached hydrogens (primary N) is 1. The van der Waals surface area contributed by atoms with Crippen LogP contribution in [0.4, 0.5) is 0 Å². The number of hydrogen-bond donors (Lipinski definition) is 2. The highest BCUT2D eigenvalue weighted by Gasteiger charge is 2.16. The van der Waals surface area contributed by atoms with E-state index in [1.54, 1.807) is 0 Å². The van der Waals surface area contributed by atoms with Gasteiger partial charge in [0.25, 0.3) is 0 Å². The number of carboxylic acids is 1. The fraction of sp³-hybridized carbons (Fsp3) is 0.308. The molecule has 0 radical (unpaired) electrons. The number of aryl methyl sites for hydroxylation is 2. The molecule has 0 aliphatic heterocycles. The van der Waals surface area contributed by atoms with Crippen molar-refractivity contribution < 1.29 is 9.90 Å². The number of aliphatic carboxylic acids is 1. The molecule has 90 valence electrons. The number of aromatic nitrogens is 1. The maximum Gasteiger partial charge on any atom is 0.320 e. The van der Waals surface area contributed by atoms with Crippen LogP contribution >= 0.6 is 0 Å². The predicted octanol–water partition coefficient (Wildman–Crippen LogP) is 1.44. The van der Waals surface area contributed by atoms with Crippen molar-refractivity contribution in [2.24, 2.45) is 12.8 Å². The largest absolute Gasteiger partial charge is 0.480 e. The van der Waals surface area contributed by atoms with Gasteiger partial charge >= 0.3 is 5.97 Å². The molecule has 0 fully saturated rings. The summed E-state index contributed by atoms with van der Waals surface area (Å²) in [5.74, 6) is -0.963. The third-order valence-corrected chi connectivity index (χ3v) is 3.04. The van der Waals surface area contributed by atoms with Gasteiger partial charge in [-0.25, -0.2) is 0 Å². The van der Waals surface area contributed by atoms with Gasteiger partial charge in [-0.3, -0.25) is 4.79 Å². The highest BCUT2D eigenvalue weighted by Crippen LogP contribution is 2.24. The maximum atomic E-state index is 10.8. The summed E-state index contributed by atoms with van der Waals surface area (Å²) in [6.45, 7) is 2.04. The quantitative estimate of drug-likeness (QED) is 0.841. The van der Waals surface area contributed by atoms with Gasteiger partial charge < -0.3 is 15.4 Å². The molecule has 3 N–H and O–H groups in total. The Bertz CT molecular complexity index is 572. The second kappa shape index (κ2) is 4.22. The van der Waals surface area contributed by atoms with E-state index in [9.17, 15) is 4.79 Å². The Labute approximate surface area is 99.7 Å². The van der Waals surface area contributed by atoms with E-state index in [1.807, 2.05) is 42.9 Å². The van der Waals surface area contributed by atoms with Crippen molar-refractivity contribution in [1.82, 2.24) is 4.57 Å². The van der Waals surface area contributed by atoms with E-state index in [-0.39, 0.29) is 0 Å². The summed E-state index contributed by atoms with van der Waals surface area (Å²) in [6.07, 6.45) is 2.32. The third-order valence-electron chi connectivity index (χ3n) is 3.04. The Morgan fingerprint density at radius 3 is 2.88 bits per heavy atom. The van der Waals surface area contributed by atoms with E-state index in [2.05, 4.69) is 0 Å². The van der Waals surface area contributed by atoms with E-state index in [1.165, 1.54) is 5.56 Å². The molecule has 0 spiro atoms. The first kappa shape index (κ1) is 11.7. The number of rotatable bonds is 3. The molecule has 0 aliphatic rings. The van der Waals surface area contributed by atoms with Gasteiger partial charge in [0.15, 0.2) is 0 Å². The van der Waals surface area contributed by atoms with Gasteiger partial charge in [-0.1, -0.05) is 18.2 Å². The third kappa shape index (κ3) is 2.03. The number of carbonyl (C=O) groups is 1. The lowest BCUT2D eigenvalue weighted by atomic mass is 10.0. The van der Waals surface area contributed by atoms with Gasteiger partial charge in [0, 0.05) is 25.1 Å². The Hall–Kier alpha value is -1.81.